The number of carbonyl (C=O) groups is 9. The van der Waals surface area contributed by atoms with Crippen molar-refractivity contribution in [3.05, 3.63) is 202 Å². The normalized spacial score (nSPS) is 17.3. The van der Waals surface area contributed by atoms with E-state index < -0.39 is 40.9 Å². The lowest BCUT2D eigenvalue weighted by Gasteiger charge is -2.36. The van der Waals surface area contributed by atoms with Crippen LogP contribution in [0.15, 0.2) is 106 Å². The number of rotatable bonds is 25. The van der Waals surface area contributed by atoms with Crippen LogP contribution in [-0.2, 0) is 38.3 Å². The molecule has 1 atom stereocenters. The number of ether oxygens (including phenoxy) is 2. The number of nitrogens with one attached hydrogen (secondary N) is 5. The van der Waals surface area contributed by atoms with Crippen molar-refractivity contribution < 1.29 is 52.6 Å². The quantitative estimate of drug-likeness (QED) is 0.0201. The molecule has 4 saturated heterocycles. The van der Waals surface area contributed by atoms with E-state index in [1.165, 1.54) is 20.8 Å². The Kier molecular flexibility index (Phi) is 33.4. The molecule has 18 rings (SSSR count). The second kappa shape index (κ2) is 45.9. The maximum absolute atomic E-state index is 13.6. The third kappa shape index (κ3) is 24.6. The number of aryl methyl sites for hydroxylation is 3. The number of hydrogen-bond donors (Lipinski definition) is 5. The Hall–Kier alpha value is -13.1. The first kappa shape index (κ1) is 103. The molecule has 9 aromatic heterocycles. The van der Waals surface area contributed by atoms with Gasteiger partial charge in [-0.05, 0) is 193 Å². The number of halogens is 1. The molecule has 1 aromatic carbocycles. The number of alkyl halides is 1. The van der Waals surface area contributed by atoms with E-state index >= 15 is 0 Å². The van der Waals surface area contributed by atoms with Crippen LogP contribution >= 0.6 is 15.9 Å². The lowest BCUT2D eigenvalue weighted by atomic mass is 10.0. The van der Waals surface area contributed by atoms with Crippen molar-refractivity contribution in [3.8, 4) is 0 Å². The van der Waals surface area contributed by atoms with Gasteiger partial charge in [0.05, 0.1) is 82.7 Å². The number of aromatic nitrogens is 12. The minimum absolute atomic E-state index is 0.0210. The standard InChI is InChI=1S/C40H43N9O6.C32H43N7O4.C25H30N6O2.C7H14BrNO2/c1-23-29-22-43-32(44-36(29)48(26-6-3-4-7-26)39(54)34(23)24(2)50)20-25-10-11-27(21-42-25)47-18-16-46(17-19-47)15-14-41-30-9-5-8-28-35(30)40(55)49(38(28)53)31-12-13-33(51)45-37(31)52;1-21-26-20-35-27(36-29(26)39(24-8-6-7-9-24)30(41)28(21)22(2)40)18-23-10-11-25(19-34-23)38-16-14-37(15-17-38)13-12-33-31(42)43-32(3,4)5;1-16-21-15-28-22(13-18-7-8-20(14-27-18)30-11-9-26-10-12-30)29-24(21)31(19-5-3-4-6-19)25(33)23(16)17(2)32;1-7(2,3)11-6(10)9-5-4-8/h5,8-11,21-22,26,31,41H,3-4,6-7,12-20H2,1-2H3,(H,45,51,52);10-11,19-20,24H,6-9,12-18H2,1-5H3,(H,33,42);7-8,14-15,19,26H,3-6,9-13H2,1-2H3;4-5H2,1-3H3,(H,9,10). The monoisotopic (exact) mass is 2000 g/mol. The van der Waals surface area contributed by atoms with E-state index in [1.807, 2.05) is 92.2 Å². The predicted octanol–water partition coefficient (Wildman–Crippen LogP) is 11.8. The summed E-state index contributed by atoms with van der Waals surface area (Å²) in [7, 11) is 0. The Bertz CT molecular complexity index is 6560. The molecule has 3 saturated carbocycles. The summed E-state index contributed by atoms with van der Waals surface area (Å²) in [6.07, 6.45) is 23.6. The van der Waals surface area contributed by atoms with Gasteiger partial charge in [0, 0.05) is 199 Å². The van der Waals surface area contributed by atoms with Crippen LogP contribution in [0.4, 0.5) is 32.3 Å². The highest BCUT2D eigenvalue weighted by Gasteiger charge is 2.46. The molecule has 14 heterocycles. The van der Waals surface area contributed by atoms with Gasteiger partial charge in [-0.2, -0.15) is 0 Å². The molecule has 37 nitrogen and oxygen atoms in total. The maximum atomic E-state index is 13.6. The van der Waals surface area contributed by atoms with E-state index in [1.54, 1.807) is 57.4 Å². The molecule has 6 amide bonds. The number of amides is 6. The number of hydrogen-bond acceptors (Lipinski definition) is 30. The lowest BCUT2D eigenvalue weighted by molar-refractivity contribution is -0.136. The van der Waals surface area contributed by atoms with Gasteiger partial charge >= 0.3 is 12.2 Å². The fourth-order valence-electron chi connectivity index (χ4n) is 20.2. The highest BCUT2D eigenvalue weighted by molar-refractivity contribution is 9.09. The smallest absolute Gasteiger partial charge is 0.407 e. The molecule has 5 aliphatic heterocycles. The Balaban J connectivity index is 0.000000156. The van der Waals surface area contributed by atoms with Gasteiger partial charge in [0.25, 0.3) is 28.5 Å². The third-order valence-corrected chi connectivity index (χ3v) is 27.8. The lowest BCUT2D eigenvalue weighted by Crippen LogP contribution is -2.54. The van der Waals surface area contributed by atoms with Crippen LogP contribution in [0.25, 0.3) is 33.1 Å². The van der Waals surface area contributed by atoms with Gasteiger partial charge in [0.1, 0.15) is 51.7 Å². The van der Waals surface area contributed by atoms with Crippen molar-refractivity contribution in [1.29, 1.82) is 0 Å². The highest BCUT2D eigenvalue weighted by Crippen LogP contribution is 2.38. The second-order valence-corrected chi connectivity index (χ2v) is 40.5. The van der Waals surface area contributed by atoms with Gasteiger partial charge in [-0.25, -0.2) is 39.5 Å². The van der Waals surface area contributed by atoms with E-state index in [-0.39, 0.29) is 105 Å². The molecule has 5 N–H and O–H groups in total. The average molecular weight is 2010 g/mol. The number of benzene rings is 1. The first-order chi connectivity index (χ1) is 68.1. The molecular weight excluding hydrogens is 1880 g/mol. The first-order valence-electron chi connectivity index (χ1n) is 49.7. The molecule has 0 spiro atoms. The predicted molar refractivity (Wildman–Crippen MR) is 546 cm³/mol. The fourth-order valence-corrected chi connectivity index (χ4v) is 20.4. The molecule has 3 aliphatic carbocycles. The molecule has 38 heteroatoms. The van der Waals surface area contributed by atoms with Crippen LogP contribution in [0.2, 0.25) is 0 Å². The van der Waals surface area contributed by atoms with Gasteiger partial charge < -0.3 is 45.4 Å². The Morgan fingerprint density at radius 3 is 1.17 bits per heavy atom. The molecule has 0 radical (unpaired) electrons. The summed E-state index contributed by atoms with van der Waals surface area (Å²) in [6.45, 7) is 34.8. The number of piperidine rings is 1. The largest absolute Gasteiger partial charge is 0.444 e. The van der Waals surface area contributed by atoms with Crippen LogP contribution < -0.4 is 58.0 Å². The van der Waals surface area contributed by atoms with Gasteiger partial charge in [-0.15, -0.1) is 0 Å². The SMILES string of the molecule is CC(=O)c1c(C)c2cnc(Cc3ccc(N4CCN(CCNC(=O)OC(C)(C)C)CC4)cn3)nc2n(C2CCCC2)c1=O.CC(=O)c1c(C)c2cnc(Cc3ccc(N4CCN(CCNc5cccc6c5C(=O)N(C5CCC(=O)NC5=O)C6=O)CC4)cn3)nc2n(C2CCCC2)c1=O.CC(=O)c1c(C)c2cnc(Cc3ccc(N4CCNCC4)cn3)nc2n(C2CCCC2)c1=O.CC(C)(C)OC(=O)NCCBr. The summed E-state index contributed by atoms with van der Waals surface area (Å²) >= 11 is 3.19. The van der Waals surface area contributed by atoms with Crippen LogP contribution in [-0.4, -0.2) is 260 Å². The van der Waals surface area contributed by atoms with Gasteiger partial charge in [-0.1, -0.05) is 60.5 Å². The van der Waals surface area contributed by atoms with E-state index in [9.17, 15) is 57.5 Å². The van der Waals surface area contributed by atoms with Gasteiger partial charge in [0.2, 0.25) is 11.8 Å². The minimum Gasteiger partial charge on any atom is -0.444 e. The highest BCUT2D eigenvalue weighted by atomic mass is 79.9. The number of carbonyl (C=O) groups excluding carboxylic acids is 9. The molecule has 0 bridgehead atoms. The number of anilines is 4. The zero-order chi connectivity index (χ0) is 101. The Labute approximate surface area is 833 Å². The summed E-state index contributed by atoms with van der Waals surface area (Å²) < 4.78 is 15.5. The average Bonchev–Trinajstić information content (AvgIpc) is 1.38. The summed E-state index contributed by atoms with van der Waals surface area (Å²) in [6, 6.07) is 16.5. The van der Waals surface area contributed by atoms with E-state index in [0.717, 1.165) is 229 Å². The summed E-state index contributed by atoms with van der Waals surface area (Å²) in [4.78, 5) is 206. The fraction of sp³-hybridized carbons (Fsp3) is 0.510. The summed E-state index contributed by atoms with van der Waals surface area (Å²) in [5.74, 6) is -0.954. The third-order valence-electron chi connectivity index (χ3n) is 27.4. The number of imide groups is 2. The zero-order valence-electron chi connectivity index (χ0n) is 83.4. The number of alkyl carbamates (subject to hydrolysis) is 2. The van der Waals surface area contributed by atoms with Crippen molar-refractivity contribution in [1.82, 2.24) is 94.5 Å². The molecular formula is C104H130BrN23O14. The van der Waals surface area contributed by atoms with Crippen LogP contribution in [0, 0.1) is 20.8 Å². The maximum Gasteiger partial charge on any atom is 0.407 e. The van der Waals surface area contributed by atoms with Crippen molar-refractivity contribution in [2.75, 3.05) is 137 Å². The molecule has 1 unspecified atom stereocenters. The van der Waals surface area contributed by atoms with Crippen molar-refractivity contribution >= 4 is 125 Å². The molecule has 7 fully saturated rings. The molecule has 142 heavy (non-hydrogen) atoms. The molecule has 752 valence electrons. The van der Waals surface area contributed by atoms with Gasteiger partial charge in [-0.3, -0.25) is 96.6 Å². The number of ketones is 3. The van der Waals surface area contributed by atoms with Crippen molar-refractivity contribution in [2.45, 2.75) is 228 Å². The van der Waals surface area contributed by atoms with Crippen LogP contribution in [0.5, 0.6) is 0 Å². The van der Waals surface area contributed by atoms with Crippen LogP contribution in [0.3, 0.4) is 0 Å². The first-order valence-corrected chi connectivity index (χ1v) is 50.8. The second-order valence-electron chi connectivity index (χ2n) is 39.7. The van der Waals surface area contributed by atoms with Crippen LogP contribution in [0.1, 0.15) is 273 Å². The number of fused-ring (bicyclic) bond motifs is 4. The Morgan fingerprint density at radius 1 is 0.444 bits per heavy atom. The van der Waals surface area contributed by atoms with Crippen molar-refractivity contribution in [2.24, 2.45) is 0 Å². The zero-order valence-corrected chi connectivity index (χ0v) is 84.9. The number of Topliss-reactive ketones (excluding diaryl/α,β-unsaturated/α-hetero) is 3. The Morgan fingerprint density at radius 2 is 0.817 bits per heavy atom. The van der Waals surface area contributed by atoms with Crippen molar-refractivity contribution in [3.63, 3.8) is 0 Å². The molecule has 10 aromatic rings. The summed E-state index contributed by atoms with van der Waals surface area (Å²) in [5.41, 5.74) is 9.69. The topological polar surface area (TPSA) is 434 Å². The van der Waals surface area contributed by atoms with E-state index in [2.05, 4.69) is 105 Å². The number of piperazine rings is 3. The number of pyridine rings is 6. The van der Waals surface area contributed by atoms with E-state index in [0.29, 0.717) is 95.7 Å². The summed E-state index contributed by atoms with van der Waals surface area (Å²) in [5, 5.41) is 17.3. The molecule has 8 aliphatic rings. The number of nitrogens with zero attached hydrogens (tertiary/aromatic N) is 18. The van der Waals surface area contributed by atoms with E-state index in [4.69, 9.17) is 34.4 Å². The minimum atomic E-state index is -1.00. The van der Waals surface area contributed by atoms with Gasteiger partial charge in [0.15, 0.2) is 17.3 Å².